The van der Waals surface area contributed by atoms with Crippen molar-refractivity contribution in [1.82, 2.24) is 9.97 Å². The minimum Gasteiger partial charge on any atom is -0.365 e. The molecule has 1 aliphatic rings. The quantitative estimate of drug-likeness (QED) is 0.859. The lowest BCUT2D eigenvalue weighted by Gasteiger charge is -2.23. The van der Waals surface area contributed by atoms with Crippen molar-refractivity contribution in [3.63, 3.8) is 0 Å². The Balaban J connectivity index is 2.11. The highest BCUT2D eigenvalue weighted by molar-refractivity contribution is 6.31. The zero-order valence-electron chi connectivity index (χ0n) is 9.89. The van der Waals surface area contributed by atoms with E-state index in [0.29, 0.717) is 11.2 Å². The SMILES string of the molecule is Cc1nc(Cl)c(NC2CCCCC2)nc1C. The van der Waals surface area contributed by atoms with Crippen molar-refractivity contribution in [2.45, 2.75) is 52.0 Å². The molecule has 0 atom stereocenters. The van der Waals surface area contributed by atoms with Crippen molar-refractivity contribution in [2.75, 3.05) is 5.32 Å². The second-order valence-electron chi connectivity index (χ2n) is 4.51. The van der Waals surface area contributed by atoms with Gasteiger partial charge in [0.05, 0.1) is 11.4 Å². The molecule has 1 N–H and O–H groups in total. The molecule has 1 saturated carbocycles. The Morgan fingerprint density at radius 3 is 2.38 bits per heavy atom. The topological polar surface area (TPSA) is 37.8 Å². The molecule has 1 heterocycles. The van der Waals surface area contributed by atoms with Crippen LogP contribution in [0.15, 0.2) is 0 Å². The molecule has 0 saturated heterocycles. The van der Waals surface area contributed by atoms with E-state index in [4.69, 9.17) is 11.6 Å². The fourth-order valence-electron chi connectivity index (χ4n) is 2.11. The number of aryl methyl sites for hydroxylation is 2. The van der Waals surface area contributed by atoms with E-state index in [0.717, 1.165) is 17.2 Å². The zero-order valence-corrected chi connectivity index (χ0v) is 10.6. The van der Waals surface area contributed by atoms with E-state index in [1.165, 1.54) is 32.1 Å². The summed E-state index contributed by atoms with van der Waals surface area (Å²) in [5.74, 6) is 0.747. The van der Waals surface area contributed by atoms with E-state index in [1.54, 1.807) is 0 Å². The predicted octanol–water partition coefficient (Wildman–Crippen LogP) is 3.49. The van der Waals surface area contributed by atoms with Crippen molar-refractivity contribution in [2.24, 2.45) is 0 Å². The maximum Gasteiger partial charge on any atom is 0.171 e. The highest BCUT2D eigenvalue weighted by Crippen LogP contribution is 2.24. The third kappa shape index (κ3) is 2.64. The molecule has 0 aliphatic heterocycles. The summed E-state index contributed by atoms with van der Waals surface area (Å²) in [6.45, 7) is 3.89. The molecule has 2 rings (SSSR count). The van der Waals surface area contributed by atoms with Crippen LogP contribution in [0.5, 0.6) is 0 Å². The third-order valence-electron chi connectivity index (χ3n) is 3.21. The van der Waals surface area contributed by atoms with Gasteiger partial charge in [-0.1, -0.05) is 30.9 Å². The Morgan fingerprint density at radius 2 is 1.69 bits per heavy atom. The van der Waals surface area contributed by atoms with Crippen molar-refractivity contribution in [3.05, 3.63) is 16.5 Å². The van der Waals surface area contributed by atoms with Gasteiger partial charge in [-0.3, -0.25) is 0 Å². The number of nitrogens with one attached hydrogen (secondary N) is 1. The molecular weight excluding hydrogens is 222 g/mol. The van der Waals surface area contributed by atoms with Crippen LogP contribution in [0.1, 0.15) is 43.5 Å². The normalized spacial score (nSPS) is 17.4. The number of anilines is 1. The van der Waals surface area contributed by atoms with E-state index in [9.17, 15) is 0 Å². The Bertz CT molecular complexity index is 373. The van der Waals surface area contributed by atoms with E-state index in [2.05, 4.69) is 15.3 Å². The lowest BCUT2D eigenvalue weighted by molar-refractivity contribution is 0.461. The highest BCUT2D eigenvalue weighted by Gasteiger charge is 2.16. The molecule has 0 radical (unpaired) electrons. The smallest absolute Gasteiger partial charge is 0.171 e. The van der Waals surface area contributed by atoms with Crippen LogP contribution in [0.3, 0.4) is 0 Å². The van der Waals surface area contributed by atoms with Gasteiger partial charge < -0.3 is 5.32 Å². The number of hydrogen-bond donors (Lipinski definition) is 1. The second kappa shape index (κ2) is 5.00. The zero-order chi connectivity index (χ0) is 11.5. The van der Waals surface area contributed by atoms with Gasteiger partial charge in [-0.15, -0.1) is 0 Å². The van der Waals surface area contributed by atoms with Crippen molar-refractivity contribution in [3.8, 4) is 0 Å². The molecule has 1 aromatic heterocycles. The molecular formula is C12H18ClN3. The highest BCUT2D eigenvalue weighted by atomic mass is 35.5. The first-order chi connectivity index (χ1) is 7.66. The van der Waals surface area contributed by atoms with Gasteiger partial charge in [0.25, 0.3) is 0 Å². The number of aromatic nitrogens is 2. The van der Waals surface area contributed by atoms with Crippen LogP contribution in [0.25, 0.3) is 0 Å². The molecule has 16 heavy (non-hydrogen) atoms. The summed E-state index contributed by atoms with van der Waals surface area (Å²) >= 11 is 6.08. The Morgan fingerprint density at radius 1 is 1.06 bits per heavy atom. The van der Waals surface area contributed by atoms with E-state index < -0.39 is 0 Å². The summed E-state index contributed by atoms with van der Waals surface area (Å²) in [4.78, 5) is 8.74. The molecule has 88 valence electrons. The molecule has 0 spiro atoms. The van der Waals surface area contributed by atoms with E-state index in [-0.39, 0.29) is 0 Å². The minimum atomic E-state index is 0.494. The fraction of sp³-hybridized carbons (Fsp3) is 0.667. The van der Waals surface area contributed by atoms with E-state index in [1.807, 2.05) is 13.8 Å². The predicted molar refractivity (Wildman–Crippen MR) is 67.0 cm³/mol. The summed E-state index contributed by atoms with van der Waals surface area (Å²) in [6, 6.07) is 0.516. The van der Waals surface area contributed by atoms with Crippen molar-refractivity contribution in [1.29, 1.82) is 0 Å². The largest absolute Gasteiger partial charge is 0.365 e. The van der Waals surface area contributed by atoms with Crippen LogP contribution in [0.2, 0.25) is 5.15 Å². The minimum absolute atomic E-state index is 0.494. The molecule has 0 bridgehead atoms. The van der Waals surface area contributed by atoms with Crippen LogP contribution in [0, 0.1) is 13.8 Å². The summed E-state index contributed by atoms with van der Waals surface area (Å²) < 4.78 is 0. The summed E-state index contributed by atoms with van der Waals surface area (Å²) in [7, 11) is 0. The second-order valence-corrected chi connectivity index (χ2v) is 4.87. The summed E-state index contributed by atoms with van der Waals surface area (Å²) in [6.07, 6.45) is 6.38. The van der Waals surface area contributed by atoms with Crippen molar-refractivity contribution < 1.29 is 0 Å². The van der Waals surface area contributed by atoms with Gasteiger partial charge in [0.15, 0.2) is 11.0 Å². The van der Waals surface area contributed by atoms with Gasteiger partial charge in [-0.05, 0) is 26.7 Å². The van der Waals surface area contributed by atoms with Gasteiger partial charge in [-0.2, -0.15) is 0 Å². The molecule has 0 unspecified atom stereocenters. The van der Waals surface area contributed by atoms with Gasteiger partial charge >= 0.3 is 0 Å². The van der Waals surface area contributed by atoms with Gasteiger partial charge in [0.1, 0.15) is 0 Å². The first kappa shape index (κ1) is 11.6. The molecule has 1 aromatic rings. The van der Waals surface area contributed by atoms with Crippen LogP contribution in [-0.4, -0.2) is 16.0 Å². The number of rotatable bonds is 2. The lowest BCUT2D eigenvalue weighted by atomic mass is 9.95. The maximum absolute atomic E-state index is 6.08. The molecule has 0 amide bonds. The van der Waals surface area contributed by atoms with E-state index >= 15 is 0 Å². The molecule has 3 nitrogen and oxygen atoms in total. The van der Waals surface area contributed by atoms with Gasteiger partial charge in [0.2, 0.25) is 0 Å². The summed E-state index contributed by atoms with van der Waals surface area (Å²) in [5.41, 5.74) is 1.85. The first-order valence-electron chi connectivity index (χ1n) is 5.94. The van der Waals surface area contributed by atoms with Gasteiger partial charge in [-0.25, -0.2) is 9.97 Å². The maximum atomic E-state index is 6.08. The Hall–Kier alpha value is -0.830. The standard InChI is InChI=1S/C12H18ClN3/c1-8-9(2)15-12(11(13)14-8)16-10-6-4-3-5-7-10/h10H,3-7H2,1-2H3,(H,15,16). The Kier molecular flexibility index (Phi) is 3.64. The molecule has 0 aromatic carbocycles. The molecule has 1 fully saturated rings. The van der Waals surface area contributed by atoms with Crippen LogP contribution in [-0.2, 0) is 0 Å². The lowest BCUT2D eigenvalue weighted by Crippen LogP contribution is -2.23. The number of nitrogens with zero attached hydrogens (tertiary/aromatic N) is 2. The van der Waals surface area contributed by atoms with Crippen LogP contribution in [0.4, 0.5) is 5.82 Å². The number of halogens is 1. The fourth-order valence-corrected chi connectivity index (χ4v) is 2.33. The Labute approximate surface area is 102 Å². The summed E-state index contributed by atoms with van der Waals surface area (Å²) in [5, 5.41) is 3.91. The van der Waals surface area contributed by atoms with Crippen LogP contribution >= 0.6 is 11.6 Å². The van der Waals surface area contributed by atoms with Crippen LogP contribution < -0.4 is 5.32 Å². The number of hydrogen-bond acceptors (Lipinski definition) is 3. The van der Waals surface area contributed by atoms with Crippen molar-refractivity contribution >= 4 is 17.4 Å². The molecule has 4 heteroatoms. The monoisotopic (exact) mass is 239 g/mol. The molecule has 1 aliphatic carbocycles. The van der Waals surface area contributed by atoms with Gasteiger partial charge in [0, 0.05) is 6.04 Å². The average Bonchev–Trinajstić information content (AvgIpc) is 2.27. The first-order valence-corrected chi connectivity index (χ1v) is 6.32. The third-order valence-corrected chi connectivity index (χ3v) is 3.47. The average molecular weight is 240 g/mol.